The SMILES string of the molecule is CCCCC/C(O)=C/CC/C=C/CCCCCCC(=O)O. The average molecular weight is 296 g/mol. The molecule has 0 aliphatic rings. The van der Waals surface area contributed by atoms with Crippen LogP contribution in [-0.4, -0.2) is 16.2 Å². The van der Waals surface area contributed by atoms with Gasteiger partial charge >= 0.3 is 5.97 Å². The maximum absolute atomic E-state index is 10.3. The van der Waals surface area contributed by atoms with E-state index in [1.54, 1.807) is 0 Å². The summed E-state index contributed by atoms with van der Waals surface area (Å²) < 4.78 is 0. The van der Waals surface area contributed by atoms with Crippen molar-refractivity contribution in [2.45, 2.75) is 84.0 Å². The summed E-state index contributed by atoms with van der Waals surface area (Å²) in [6, 6.07) is 0. The van der Waals surface area contributed by atoms with Gasteiger partial charge in [0.15, 0.2) is 0 Å². The molecule has 0 fully saturated rings. The van der Waals surface area contributed by atoms with E-state index in [9.17, 15) is 9.90 Å². The molecule has 0 saturated carbocycles. The van der Waals surface area contributed by atoms with Crippen LogP contribution in [0.25, 0.3) is 0 Å². The Morgan fingerprint density at radius 3 is 2.19 bits per heavy atom. The molecule has 0 aromatic rings. The number of unbranched alkanes of at least 4 members (excludes halogenated alkanes) is 7. The van der Waals surface area contributed by atoms with Crippen molar-refractivity contribution in [1.82, 2.24) is 0 Å². The van der Waals surface area contributed by atoms with Crippen molar-refractivity contribution in [1.29, 1.82) is 0 Å². The Labute approximate surface area is 129 Å². The van der Waals surface area contributed by atoms with Gasteiger partial charge in [0, 0.05) is 12.8 Å². The molecule has 0 aliphatic heterocycles. The van der Waals surface area contributed by atoms with Crippen LogP contribution in [0.2, 0.25) is 0 Å². The molecule has 0 rings (SSSR count). The second-order valence-electron chi connectivity index (χ2n) is 5.55. The Balaban J connectivity index is 3.35. The van der Waals surface area contributed by atoms with Crippen molar-refractivity contribution >= 4 is 5.97 Å². The smallest absolute Gasteiger partial charge is 0.303 e. The molecule has 2 N–H and O–H groups in total. The first-order valence-electron chi connectivity index (χ1n) is 8.41. The highest BCUT2D eigenvalue weighted by molar-refractivity contribution is 5.66. The summed E-state index contributed by atoms with van der Waals surface area (Å²) in [5.74, 6) is -0.156. The van der Waals surface area contributed by atoms with Crippen LogP contribution >= 0.6 is 0 Å². The largest absolute Gasteiger partial charge is 0.513 e. The molecular formula is C18H32O3. The van der Waals surface area contributed by atoms with E-state index in [4.69, 9.17) is 5.11 Å². The minimum atomic E-state index is -0.694. The minimum absolute atomic E-state index is 0.296. The molecule has 0 unspecified atom stereocenters. The van der Waals surface area contributed by atoms with Crippen molar-refractivity contribution in [3.05, 3.63) is 24.0 Å². The molecule has 0 saturated heterocycles. The first-order chi connectivity index (χ1) is 10.2. The Morgan fingerprint density at radius 1 is 0.810 bits per heavy atom. The van der Waals surface area contributed by atoms with Crippen LogP contribution in [0, 0.1) is 0 Å². The Bertz CT molecular complexity index is 306. The fourth-order valence-electron chi connectivity index (χ4n) is 2.13. The van der Waals surface area contributed by atoms with Gasteiger partial charge in [0.05, 0.1) is 5.76 Å². The lowest BCUT2D eigenvalue weighted by Crippen LogP contribution is -1.93. The predicted molar refractivity (Wildman–Crippen MR) is 88.6 cm³/mol. The number of aliphatic hydroxyl groups is 1. The van der Waals surface area contributed by atoms with Crippen molar-refractivity contribution in [2.75, 3.05) is 0 Å². The monoisotopic (exact) mass is 296 g/mol. The number of aliphatic hydroxyl groups excluding tert-OH is 1. The molecule has 0 heterocycles. The van der Waals surface area contributed by atoms with Crippen molar-refractivity contribution in [3.63, 3.8) is 0 Å². The lowest BCUT2D eigenvalue weighted by atomic mass is 10.1. The zero-order chi connectivity index (χ0) is 15.8. The van der Waals surface area contributed by atoms with Crippen LogP contribution in [0.1, 0.15) is 84.0 Å². The molecule has 122 valence electrons. The number of carbonyl (C=O) groups is 1. The van der Waals surface area contributed by atoms with E-state index < -0.39 is 5.97 Å². The number of hydrogen-bond acceptors (Lipinski definition) is 2. The number of hydrogen-bond donors (Lipinski definition) is 2. The van der Waals surface area contributed by atoms with E-state index in [1.807, 2.05) is 6.08 Å². The fraction of sp³-hybridized carbons (Fsp3) is 0.722. The second kappa shape index (κ2) is 15.1. The first-order valence-corrected chi connectivity index (χ1v) is 8.41. The number of rotatable bonds is 14. The van der Waals surface area contributed by atoms with Gasteiger partial charge in [-0.05, 0) is 44.6 Å². The van der Waals surface area contributed by atoms with Gasteiger partial charge in [0.1, 0.15) is 0 Å². The highest BCUT2D eigenvalue weighted by Crippen LogP contribution is 2.09. The minimum Gasteiger partial charge on any atom is -0.513 e. The van der Waals surface area contributed by atoms with Gasteiger partial charge in [0.2, 0.25) is 0 Å². The maximum Gasteiger partial charge on any atom is 0.303 e. The maximum atomic E-state index is 10.3. The molecule has 3 nitrogen and oxygen atoms in total. The van der Waals surface area contributed by atoms with Crippen LogP contribution in [0.5, 0.6) is 0 Å². The molecule has 0 spiro atoms. The molecule has 0 amide bonds. The van der Waals surface area contributed by atoms with E-state index in [-0.39, 0.29) is 0 Å². The van der Waals surface area contributed by atoms with Crippen LogP contribution in [0.4, 0.5) is 0 Å². The van der Waals surface area contributed by atoms with Crippen molar-refractivity contribution in [3.8, 4) is 0 Å². The lowest BCUT2D eigenvalue weighted by Gasteiger charge is -1.99. The third kappa shape index (κ3) is 16.7. The van der Waals surface area contributed by atoms with Gasteiger partial charge in [-0.1, -0.05) is 44.8 Å². The summed E-state index contributed by atoms with van der Waals surface area (Å²) in [7, 11) is 0. The summed E-state index contributed by atoms with van der Waals surface area (Å²) in [6.45, 7) is 2.16. The molecule has 0 aromatic carbocycles. The number of carboxylic acid groups (broad SMARTS) is 1. The molecule has 0 atom stereocenters. The van der Waals surface area contributed by atoms with Crippen LogP contribution in [0.3, 0.4) is 0 Å². The highest BCUT2D eigenvalue weighted by atomic mass is 16.4. The van der Waals surface area contributed by atoms with Gasteiger partial charge in [-0.25, -0.2) is 0 Å². The number of carboxylic acids is 1. The molecule has 0 aromatic heterocycles. The van der Waals surface area contributed by atoms with E-state index in [1.165, 1.54) is 12.8 Å². The summed E-state index contributed by atoms with van der Waals surface area (Å²) in [6.07, 6.45) is 17.9. The number of aliphatic carboxylic acids is 1. The molecule has 0 radical (unpaired) electrons. The molecule has 21 heavy (non-hydrogen) atoms. The summed E-state index contributed by atoms with van der Waals surface area (Å²) in [4.78, 5) is 10.3. The Kier molecular flexibility index (Phi) is 14.2. The van der Waals surface area contributed by atoms with Crippen molar-refractivity contribution in [2.24, 2.45) is 0 Å². The van der Waals surface area contributed by atoms with Gasteiger partial charge in [-0.15, -0.1) is 0 Å². The first kappa shape index (κ1) is 19.8. The van der Waals surface area contributed by atoms with Crippen LogP contribution < -0.4 is 0 Å². The lowest BCUT2D eigenvalue weighted by molar-refractivity contribution is -0.137. The van der Waals surface area contributed by atoms with Gasteiger partial charge in [-0.2, -0.15) is 0 Å². The normalized spacial score (nSPS) is 12.1. The molecule has 0 bridgehead atoms. The highest BCUT2D eigenvalue weighted by Gasteiger charge is 1.95. The van der Waals surface area contributed by atoms with Crippen LogP contribution in [0.15, 0.2) is 24.0 Å². The standard InChI is InChI=1S/C18H32O3/c1-2-3-11-14-17(19)15-12-9-7-5-4-6-8-10-13-16-18(20)21/h5,7,15,19H,2-4,6,8-14,16H2,1H3,(H,20,21)/b7-5+,17-15-. The van der Waals surface area contributed by atoms with Gasteiger partial charge in [-0.3, -0.25) is 4.79 Å². The van der Waals surface area contributed by atoms with Crippen molar-refractivity contribution < 1.29 is 15.0 Å². The zero-order valence-corrected chi connectivity index (χ0v) is 13.5. The topological polar surface area (TPSA) is 57.5 Å². The third-order valence-corrected chi connectivity index (χ3v) is 3.43. The molecular weight excluding hydrogens is 264 g/mol. The summed E-state index contributed by atoms with van der Waals surface area (Å²) in [5.41, 5.74) is 0. The summed E-state index contributed by atoms with van der Waals surface area (Å²) >= 11 is 0. The quantitative estimate of drug-likeness (QED) is 0.243. The third-order valence-electron chi connectivity index (χ3n) is 3.43. The van der Waals surface area contributed by atoms with Gasteiger partial charge < -0.3 is 10.2 Å². The van der Waals surface area contributed by atoms with E-state index in [0.717, 1.165) is 57.8 Å². The zero-order valence-electron chi connectivity index (χ0n) is 13.5. The van der Waals surface area contributed by atoms with E-state index in [0.29, 0.717) is 12.2 Å². The predicted octanol–water partition coefficient (Wildman–Crippen LogP) is 5.77. The van der Waals surface area contributed by atoms with Gasteiger partial charge in [0.25, 0.3) is 0 Å². The Morgan fingerprint density at radius 2 is 1.48 bits per heavy atom. The molecule has 0 aliphatic carbocycles. The average Bonchev–Trinajstić information content (AvgIpc) is 2.44. The fourth-order valence-corrected chi connectivity index (χ4v) is 2.13. The van der Waals surface area contributed by atoms with E-state index in [2.05, 4.69) is 19.1 Å². The summed E-state index contributed by atoms with van der Waals surface area (Å²) in [5, 5.41) is 18.1. The van der Waals surface area contributed by atoms with E-state index >= 15 is 0 Å². The van der Waals surface area contributed by atoms with Crippen LogP contribution in [-0.2, 0) is 4.79 Å². The second-order valence-corrected chi connectivity index (χ2v) is 5.55. The Hall–Kier alpha value is -1.25. The molecule has 3 heteroatoms. The number of allylic oxidation sites excluding steroid dienone is 4.